The monoisotopic (exact) mass is 472 g/mol. The van der Waals surface area contributed by atoms with Crippen LogP contribution >= 0.6 is 0 Å². The van der Waals surface area contributed by atoms with Gasteiger partial charge in [-0.25, -0.2) is 0 Å². The van der Waals surface area contributed by atoms with Crippen LogP contribution in [-0.2, 0) is 6.42 Å². The fourth-order valence-corrected chi connectivity index (χ4v) is 4.53. The average Bonchev–Trinajstić information content (AvgIpc) is 2.92. The molecule has 0 bridgehead atoms. The molecule has 0 unspecified atom stereocenters. The largest absolute Gasteiger partial charge is 0.493 e. The van der Waals surface area contributed by atoms with E-state index in [0.29, 0.717) is 37.2 Å². The molecule has 0 radical (unpaired) electrons. The number of benzene rings is 3. The Morgan fingerprint density at radius 3 is 2.40 bits per heavy atom. The van der Waals surface area contributed by atoms with E-state index in [4.69, 9.17) is 9.47 Å². The zero-order valence-corrected chi connectivity index (χ0v) is 20.5. The highest BCUT2D eigenvalue weighted by Crippen LogP contribution is 2.32. The van der Waals surface area contributed by atoms with E-state index in [1.54, 1.807) is 0 Å². The first-order valence-corrected chi connectivity index (χ1v) is 12.7. The van der Waals surface area contributed by atoms with Crippen LogP contribution in [0.2, 0.25) is 0 Å². The van der Waals surface area contributed by atoms with Gasteiger partial charge >= 0.3 is 0 Å². The third kappa shape index (κ3) is 7.33. The summed E-state index contributed by atoms with van der Waals surface area (Å²) in [5.74, 6) is 2.48. The number of hydrogen-bond donors (Lipinski definition) is 2. The van der Waals surface area contributed by atoms with Crippen molar-refractivity contribution < 1.29 is 14.3 Å². The van der Waals surface area contributed by atoms with Crippen LogP contribution in [0.25, 0.3) is 0 Å². The number of nitrogens with one attached hydrogen (secondary N) is 2. The number of amides is 1. The molecule has 1 aliphatic rings. The van der Waals surface area contributed by atoms with Gasteiger partial charge in [0.2, 0.25) is 0 Å². The smallest absolute Gasteiger partial charge is 0.251 e. The molecule has 5 nitrogen and oxygen atoms in total. The summed E-state index contributed by atoms with van der Waals surface area (Å²) in [7, 11) is 0. The van der Waals surface area contributed by atoms with Crippen molar-refractivity contribution in [2.45, 2.75) is 32.1 Å². The van der Waals surface area contributed by atoms with Crippen molar-refractivity contribution in [3.05, 3.63) is 95.6 Å². The fourth-order valence-electron chi connectivity index (χ4n) is 4.53. The highest BCUT2D eigenvalue weighted by molar-refractivity contribution is 5.94. The number of carbonyl (C=O) groups excluding carboxylic acids is 1. The van der Waals surface area contributed by atoms with E-state index in [1.807, 2.05) is 37.3 Å². The lowest BCUT2D eigenvalue weighted by molar-refractivity contribution is 0.0953. The van der Waals surface area contributed by atoms with E-state index >= 15 is 0 Å². The third-order valence-corrected chi connectivity index (χ3v) is 6.53. The van der Waals surface area contributed by atoms with E-state index < -0.39 is 0 Å². The summed E-state index contributed by atoms with van der Waals surface area (Å²) in [5.41, 5.74) is 3.28. The molecule has 3 aromatic rings. The summed E-state index contributed by atoms with van der Waals surface area (Å²) in [6.45, 7) is 5.98. The van der Waals surface area contributed by atoms with Gasteiger partial charge in [0.05, 0.1) is 13.2 Å². The average molecular weight is 473 g/mol. The summed E-state index contributed by atoms with van der Waals surface area (Å²) in [5, 5.41) is 6.41. The Hall–Kier alpha value is -3.31. The predicted octanol–water partition coefficient (Wildman–Crippen LogP) is 5.22. The molecule has 0 aromatic heterocycles. The van der Waals surface area contributed by atoms with Crippen LogP contribution in [0.1, 0.15) is 47.2 Å². The molecule has 35 heavy (non-hydrogen) atoms. The van der Waals surface area contributed by atoms with E-state index in [-0.39, 0.29) is 5.91 Å². The molecular weight excluding hydrogens is 436 g/mol. The summed E-state index contributed by atoms with van der Waals surface area (Å²) in [6.07, 6.45) is 2.91. The lowest BCUT2D eigenvalue weighted by Crippen LogP contribution is -2.38. The van der Waals surface area contributed by atoms with Crippen LogP contribution in [0.15, 0.2) is 78.9 Å². The predicted molar refractivity (Wildman–Crippen MR) is 140 cm³/mol. The van der Waals surface area contributed by atoms with Crippen LogP contribution in [-0.4, -0.2) is 38.8 Å². The van der Waals surface area contributed by atoms with Gasteiger partial charge in [0.25, 0.3) is 5.91 Å². The molecule has 3 aromatic carbocycles. The zero-order valence-electron chi connectivity index (χ0n) is 20.5. The van der Waals surface area contributed by atoms with Gasteiger partial charge in [0.1, 0.15) is 11.5 Å². The Kier molecular flexibility index (Phi) is 9.18. The molecule has 1 heterocycles. The minimum absolute atomic E-state index is 0.0394. The maximum absolute atomic E-state index is 12.1. The summed E-state index contributed by atoms with van der Waals surface area (Å²) in [6, 6.07) is 26.4. The normalized spacial score (nSPS) is 17.5. The molecule has 2 atom stereocenters. The highest BCUT2D eigenvalue weighted by Gasteiger charge is 2.27. The van der Waals surface area contributed by atoms with Crippen molar-refractivity contribution in [2.24, 2.45) is 5.92 Å². The van der Waals surface area contributed by atoms with Gasteiger partial charge in [-0.05, 0) is 72.8 Å². The van der Waals surface area contributed by atoms with Crippen molar-refractivity contribution in [1.29, 1.82) is 0 Å². The van der Waals surface area contributed by atoms with E-state index in [2.05, 4.69) is 59.2 Å². The standard InChI is InChI=1S/C30H36N2O3/c1-2-18-32-30(33)25-10-14-28(15-11-25)35-22-26-21-31-19-16-29(26)24-8-12-27(13-9-24)34-20-17-23-6-4-3-5-7-23/h3-15,26,29,31H,2,16-22H2,1H3,(H,32,33)/t26-,29-/m0/s1. The summed E-state index contributed by atoms with van der Waals surface area (Å²) in [4.78, 5) is 12.1. The van der Waals surface area contributed by atoms with Crippen molar-refractivity contribution in [1.82, 2.24) is 10.6 Å². The maximum atomic E-state index is 12.1. The van der Waals surface area contributed by atoms with Gasteiger partial charge in [-0.2, -0.15) is 0 Å². The van der Waals surface area contributed by atoms with Gasteiger partial charge in [-0.3, -0.25) is 4.79 Å². The van der Waals surface area contributed by atoms with Gasteiger partial charge < -0.3 is 20.1 Å². The second-order valence-corrected chi connectivity index (χ2v) is 9.10. The molecular formula is C30H36N2O3. The van der Waals surface area contributed by atoms with Crippen molar-refractivity contribution in [3.63, 3.8) is 0 Å². The Morgan fingerprint density at radius 2 is 1.66 bits per heavy atom. The Bertz CT molecular complexity index is 1040. The highest BCUT2D eigenvalue weighted by atomic mass is 16.5. The Labute approximate surface area is 208 Å². The lowest BCUT2D eigenvalue weighted by Gasteiger charge is -2.32. The summed E-state index contributed by atoms with van der Waals surface area (Å²) >= 11 is 0. The van der Waals surface area contributed by atoms with Gasteiger partial charge in [0.15, 0.2) is 0 Å². The van der Waals surface area contributed by atoms with Crippen LogP contribution in [0.3, 0.4) is 0 Å². The minimum atomic E-state index is -0.0394. The zero-order chi connectivity index (χ0) is 24.3. The molecule has 1 amide bonds. The first-order valence-electron chi connectivity index (χ1n) is 12.7. The third-order valence-electron chi connectivity index (χ3n) is 6.53. The molecule has 1 saturated heterocycles. The van der Waals surface area contributed by atoms with Gasteiger partial charge in [0, 0.05) is 31.0 Å². The SMILES string of the molecule is CCCNC(=O)c1ccc(OC[C@@H]2CNCC[C@H]2c2ccc(OCCc3ccccc3)cc2)cc1. The fraction of sp³-hybridized carbons (Fsp3) is 0.367. The quantitative estimate of drug-likeness (QED) is 0.402. The van der Waals surface area contributed by atoms with E-state index in [9.17, 15) is 4.79 Å². The topological polar surface area (TPSA) is 59.6 Å². The van der Waals surface area contributed by atoms with Gasteiger partial charge in [-0.1, -0.05) is 49.4 Å². The van der Waals surface area contributed by atoms with Crippen LogP contribution in [0, 0.1) is 5.92 Å². The Morgan fingerprint density at radius 1 is 0.943 bits per heavy atom. The number of rotatable bonds is 11. The lowest BCUT2D eigenvalue weighted by atomic mass is 9.81. The first-order chi connectivity index (χ1) is 17.2. The minimum Gasteiger partial charge on any atom is -0.493 e. The molecule has 4 rings (SSSR count). The number of carbonyl (C=O) groups is 1. The number of ether oxygens (including phenoxy) is 2. The number of hydrogen-bond acceptors (Lipinski definition) is 4. The van der Waals surface area contributed by atoms with Crippen LogP contribution in [0.4, 0.5) is 0 Å². The number of piperidine rings is 1. The van der Waals surface area contributed by atoms with Crippen molar-refractivity contribution >= 4 is 5.91 Å². The molecule has 5 heteroatoms. The summed E-state index contributed by atoms with van der Waals surface area (Å²) < 4.78 is 12.1. The molecule has 1 fully saturated rings. The molecule has 0 aliphatic carbocycles. The van der Waals surface area contributed by atoms with Crippen LogP contribution < -0.4 is 20.1 Å². The molecule has 184 valence electrons. The molecule has 0 saturated carbocycles. The molecule has 0 spiro atoms. The molecule has 1 aliphatic heterocycles. The second-order valence-electron chi connectivity index (χ2n) is 9.10. The second kappa shape index (κ2) is 13.0. The first kappa shape index (κ1) is 24.8. The van der Waals surface area contributed by atoms with E-state index in [0.717, 1.165) is 43.9 Å². The van der Waals surface area contributed by atoms with Crippen molar-refractivity contribution in [2.75, 3.05) is 32.8 Å². The van der Waals surface area contributed by atoms with Crippen molar-refractivity contribution in [3.8, 4) is 11.5 Å². The van der Waals surface area contributed by atoms with Gasteiger partial charge in [-0.15, -0.1) is 0 Å². The maximum Gasteiger partial charge on any atom is 0.251 e. The van der Waals surface area contributed by atoms with Crippen LogP contribution in [0.5, 0.6) is 11.5 Å². The molecule has 2 N–H and O–H groups in total. The Balaban J connectivity index is 1.29. The van der Waals surface area contributed by atoms with E-state index in [1.165, 1.54) is 11.1 Å².